The van der Waals surface area contributed by atoms with Gasteiger partial charge in [-0.1, -0.05) is 17.7 Å². The second-order valence-corrected chi connectivity index (χ2v) is 4.00. The molecule has 0 saturated carbocycles. The Morgan fingerprint density at radius 3 is 2.88 bits per heavy atom. The van der Waals surface area contributed by atoms with Crippen LogP contribution in [0.25, 0.3) is 0 Å². The lowest BCUT2D eigenvalue weighted by Crippen LogP contribution is -2.06. The summed E-state index contributed by atoms with van der Waals surface area (Å²) in [5.74, 6) is 1.68. The Labute approximate surface area is 99.3 Å². The fourth-order valence-electron chi connectivity index (χ4n) is 1.49. The van der Waals surface area contributed by atoms with Gasteiger partial charge in [0.05, 0.1) is 6.54 Å². The van der Waals surface area contributed by atoms with Gasteiger partial charge >= 0.3 is 0 Å². The van der Waals surface area contributed by atoms with E-state index in [1.165, 1.54) is 0 Å². The highest BCUT2D eigenvalue weighted by molar-refractivity contribution is 6.30. The predicted molar refractivity (Wildman–Crippen MR) is 64.5 cm³/mol. The van der Waals surface area contributed by atoms with Crippen LogP contribution in [-0.2, 0) is 13.6 Å². The second kappa shape index (κ2) is 4.53. The molecule has 0 amide bonds. The summed E-state index contributed by atoms with van der Waals surface area (Å²) in [5.41, 5.74) is 0.980. The number of benzene rings is 1. The van der Waals surface area contributed by atoms with Gasteiger partial charge in [0.1, 0.15) is 11.6 Å². The molecule has 1 N–H and O–H groups in total. The summed E-state index contributed by atoms with van der Waals surface area (Å²) >= 11 is 5.89. The van der Waals surface area contributed by atoms with Gasteiger partial charge < -0.3 is 5.32 Å². The van der Waals surface area contributed by atoms with Crippen LogP contribution in [0.4, 0.5) is 5.69 Å². The summed E-state index contributed by atoms with van der Waals surface area (Å²) in [7, 11) is 1.88. The number of halogens is 1. The summed E-state index contributed by atoms with van der Waals surface area (Å²) in [6.07, 6.45) is 0. The van der Waals surface area contributed by atoms with Crippen molar-refractivity contribution in [1.82, 2.24) is 14.8 Å². The molecule has 1 aromatic heterocycles. The predicted octanol–water partition coefficient (Wildman–Crippen LogP) is 2.39. The first-order valence-electron chi connectivity index (χ1n) is 5.01. The van der Waals surface area contributed by atoms with E-state index in [-0.39, 0.29) is 0 Å². The maximum absolute atomic E-state index is 5.89. The van der Waals surface area contributed by atoms with Crippen molar-refractivity contribution in [3.63, 3.8) is 0 Å². The lowest BCUT2D eigenvalue weighted by Gasteiger charge is -2.05. The molecule has 0 fully saturated rings. The highest BCUT2D eigenvalue weighted by Crippen LogP contribution is 2.15. The van der Waals surface area contributed by atoms with Crippen LogP contribution in [0.3, 0.4) is 0 Å². The van der Waals surface area contributed by atoms with Gasteiger partial charge in [-0.25, -0.2) is 4.98 Å². The van der Waals surface area contributed by atoms with Crippen molar-refractivity contribution in [1.29, 1.82) is 0 Å². The Balaban J connectivity index is 2.05. The van der Waals surface area contributed by atoms with Gasteiger partial charge in [-0.15, -0.1) is 0 Å². The molecular formula is C11H13ClN4. The van der Waals surface area contributed by atoms with E-state index in [9.17, 15) is 0 Å². The zero-order chi connectivity index (χ0) is 11.5. The molecule has 4 nitrogen and oxygen atoms in total. The molecule has 0 spiro atoms. The van der Waals surface area contributed by atoms with Crippen molar-refractivity contribution >= 4 is 17.3 Å². The first-order valence-corrected chi connectivity index (χ1v) is 5.39. The fourth-order valence-corrected chi connectivity index (χ4v) is 1.68. The van der Waals surface area contributed by atoms with Crippen molar-refractivity contribution in [3.05, 3.63) is 40.9 Å². The molecule has 0 aliphatic carbocycles. The van der Waals surface area contributed by atoms with E-state index in [0.717, 1.165) is 22.4 Å². The van der Waals surface area contributed by atoms with Crippen LogP contribution < -0.4 is 5.32 Å². The minimum atomic E-state index is 0.637. The zero-order valence-corrected chi connectivity index (χ0v) is 9.99. The van der Waals surface area contributed by atoms with Crippen LogP contribution >= 0.6 is 11.6 Å². The third-order valence-corrected chi connectivity index (χ3v) is 2.47. The van der Waals surface area contributed by atoms with Crippen molar-refractivity contribution < 1.29 is 0 Å². The number of aryl methyl sites for hydroxylation is 2. The normalized spacial score (nSPS) is 10.4. The first-order chi connectivity index (χ1) is 7.65. The van der Waals surface area contributed by atoms with Crippen molar-refractivity contribution in [2.24, 2.45) is 7.05 Å². The summed E-state index contributed by atoms with van der Waals surface area (Å²) in [6, 6.07) is 7.60. The fraction of sp³-hybridized carbons (Fsp3) is 0.273. The molecule has 0 radical (unpaired) electrons. The van der Waals surface area contributed by atoms with Gasteiger partial charge in [0, 0.05) is 17.8 Å². The van der Waals surface area contributed by atoms with Gasteiger partial charge in [0.15, 0.2) is 0 Å². The second-order valence-electron chi connectivity index (χ2n) is 3.56. The molecule has 2 aromatic rings. The third kappa shape index (κ3) is 2.52. The Bertz CT molecular complexity index is 492. The molecule has 84 valence electrons. The van der Waals surface area contributed by atoms with Crippen LogP contribution in [0, 0.1) is 6.92 Å². The number of rotatable bonds is 3. The quantitative estimate of drug-likeness (QED) is 0.890. The smallest absolute Gasteiger partial charge is 0.147 e. The van der Waals surface area contributed by atoms with E-state index in [1.807, 2.05) is 38.2 Å². The van der Waals surface area contributed by atoms with Crippen LogP contribution in [0.15, 0.2) is 24.3 Å². The number of nitrogens with one attached hydrogen (secondary N) is 1. The highest BCUT2D eigenvalue weighted by atomic mass is 35.5. The van der Waals surface area contributed by atoms with E-state index in [2.05, 4.69) is 15.4 Å². The Morgan fingerprint density at radius 2 is 2.25 bits per heavy atom. The van der Waals surface area contributed by atoms with Gasteiger partial charge in [0.2, 0.25) is 0 Å². The maximum Gasteiger partial charge on any atom is 0.147 e. The van der Waals surface area contributed by atoms with Crippen LogP contribution in [-0.4, -0.2) is 14.8 Å². The molecule has 1 heterocycles. The molecule has 0 atom stereocenters. The monoisotopic (exact) mass is 236 g/mol. The van der Waals surface area contributed by atoms with Gasteiger partial charge in [-0.3, -0.25) is 4.68 Å². The third-order valence-electron chi connectivity index (χ3n) is 2.23. The molecule has 5 heteroatoms. The van der Waals surface area contributed by atoms with E-state index in [1.54, 1.807) is 4.68 Å². The van der Waals surface area contributed by atoms with Crippen LogP contribution in [0.1, 0.15) is 11.6 Å². The highest BCUT2D eigenvalue weighted by Gasteiger charge is 2.03. The maximum atomic E-state index is 5.89. The molecule has 0 aliphatic heterocycles. The Kier molecular flexibility index (Phi) is 3.10. The molecule has 1 aromatic carbocycles. The number of hydrogen-bond acceptors (Lipinski definition) is 3. The van der Waals surface area contributed by atoms with E-state index in [0.29, 0.717) is 6.54 Å². The van der Waals surface area contributed by atoms with Crippen LogP contribution in [0.2, 0.25) is 5.02 Å². The average Bonchev–Trinajstić information content (AvgIpc) is 2.54. The topological polar surface area (TPSA) is 42.7 Å². The molecule has 0 unspecified atom stereocenters. The number of nitrogens with zero attached hydrogens (tertiary/aromatic N) is 3. The average molecular weight is 237 g/mol. The molecule has 0 aliphatic rings. The largest absolute Gasteiger partial charge is 0.378 e. The molecule has 16 heavy (non-hydrogen) atoms. The van der Waals surface area contributed by atoms with Crippen molar-refractivity contribution in [2.75, 3.05) is 5.32 Å². The summed E-state index contributed by atoms with van der Waals surface area (Å²) in [4.78, 5) is 4.30. The lowest BCUT2D eigenvalue weighted by atomic mass is 10.3. The van der Waals surface area contributed by atoms with Crippen molar-refractivity contribution in [3.8, 4) is 0 Å². The van der Waals surface area contributed by atoms with E-state index >= 15 is 0 Å². The van der Waals surface area contributed by atoms with E-state index < -0.39 is 0 Å². The summed E-state index contributed by atoms with van der Waals surface area (Å²) < 4.78 is 1.77. The lowest BCUT2D eigenvalue weighted by molar-refractivity contribution is 0.708. The number of hydrogen-bond donors (Lipinski definition) is 1. The minimum Gasteiger partial charge on any atom is -0.378 e. The Morgan fingerprint density at radius 1 is 1.44 bits per heavy atom. The Hall–Kier alpha value is -1.55. The van der Waals surface area contributed by atoms with E-state index in [4.69, 9.17) is 11.6 Å². The van der Waals surface area contributed by atoms with Gasteiger partial charge in [-0.05, 0) is 25.1 Å². The zero-order valence-electron chi connectivity index (χ0n) is 9.24. The molecule has 0 saturated heterocycles. The van der Waals surface area contributed by atoms with Gasteiger partial charge in [-0.2, -0.15) is 5.10 Å². The number of aromatic nitrogens is 3. The van der Waals surface area contributed by atoms with Crippen LogP contribution in [0.5, 0.6) is 0 Å². The summed E-state index contributed by atoms with van der Waals surface area (Å²) in [6.45, 7) is 2.51. The SMILES string of the molecule is Cc1nc(CNc2cccc(Cl)c2)n(C)n1. The summed E-state index contributed by atoms with van der Waals surface area (Å²) in [5, 5.41) is 8.15. The molecule has 0 bridgehead atoms. The molecule has 2 rings (SSSR count). The standard InChI is InChI=1S/C11H13ClN4/c1-8-14-11(16(2)15-8)7-13-10-5-3-4-9(12)6-10/h3-6,13H,7H2,1-2H3. The van der Waals surface area contributed by atoms with Crippen molar-refractivity contribution in [2.45, 2.75) is 13.5 Å². The van der Waals surface area contributed by atoms with Gasteiger partial charge in [0.25, 0.3) is 0 Å². The molecular weight excluding hydrogens is 224 g/mol. The number of anilines is 1. The first kappa shape index (κ1) is 11.0. The minimum absolute atomic E-state index is 0.637.